The van der Waals surface area contributed by atoms with Crippen molar-refractivity contribution < 1.29 is 4.39 Å². The molecule has 1 aromatic rings. The average Bonchev–Trinajstić information content (AvgIpc) is 2.94. The van der Waals surface area contributed by atoms with Crippen molar-refractivity contribution >= 4 is 11.6 Å². The highest BCUT2D eigenvalue weighted by Crippen LogP contribution is 2.50. The first-order valence-corrected chi connectivity index (χ1v) is 6.14. The summed E-state index contributed by atoms with van der Waals surface area (Å²) in [5.41, 5.74) is 0.708. The van der Waals surface area contributed by atoms with Gasteiger partial charge in [0.1, 0.15) is 5.82 Å². The summed E-state index contributed by atoms with van der Waals surface area (Å²) in [5, 5.41) is 3.95. The quantitative estimate of drug-likeness (QED) is 0.850. The molecular formula is C13H17ClFN. The van der Waals surface area contributed by atoms with Gasteiger partial charge in [0, 0.05) is 16.6 Å². The lowest BCUT2D eigenvalue weighted by atomic mass is 10.1. The van der Waals surface area contributed by atoms with E-state index in [1.807, 2.05) is 0 Å². The second-order valence-electron chi connectivity index (χ2n) is 4.80. The Balaban J connectivity index is 2.00. The summed E-state index contributed by atoms with van der Waals surface area (Å²) in [5.74, 6) is 0.682. The third-order valence-corrected chi connectivity index (χ3v) is 3.41. The minimum absolute atomic E-state index is 0.162. The van der Waals surface area contributed by atoms with Crippen LogP contribution in [-0.4, -0.2) is 12.6 Å². The van der Waals surface area contributed by atoms with E-state index >= 15 is 0 Å². The van der Waals surface area contributed by atoms with Crippen molar-refractivity contribution in [2.45, 2.75) is 32.2 Å². The largest absolute Gasteiger partial charge is 0.314 e. The van der Waals surface area contributed by atoms with E-state index < -0.39 is 0 Å². The van der Waals surface area contributed by atoms with Gasteiger partial charge in [0.2, 0.25) is 0 Å². The van der Waals surface area contributed by atoms with Gasteiger partial charge in [-0.05, 0) is 36.9 Å². The summed E-state index contributed by atoms with van der Waals surface area (Å²) in [6.45, 7) is 5.19. The molecule has 0 aromatic heterocycles. The lowest BCUT2D eigenvalue weighted by Crippen LogP contribution is -2.25. The topological polar surface area (TPSA) is 12.0 Å². The normalized spacial score (nSPS) is 23.8. The van der Waals surface area contributed by atoms with Gasteiger partial charge in [0.15, 0.2) is 0 Å². The zero-order valence-electron chi connectivity index (χ0n) is 9.63. The van der Waals surface area contributed by atoms with E-state index in [1.165, 1.54) is 6.07 Å². The lowest BCUT2D eigenvalue weighted by molar-refractivity contribution is 0.549. The van der Waals surface area contributed by atoms with Crippen LogP contribution in [0.25, 0.3) is 0 Å². The fraction of sp³-hybridized carbons (Fsp3) is 0.538. The minimum Gasteiger partial charge on any atom is -0.314 e. The smallest absolute Gasteiger partial charge is 0.128 e. The second kappa shape index (κ2) is 4.72. The van der Waals surface area contributed by atoms with E-state index in [1.54, 1.807) is 12.1 Å². The molecular weight excluding hydrogens is 225 g/mol. The first-order chi connectivity index (χ1) is 7.59. The molecule has 0 aliphatic heterocycles. The zero-order chi connectivity index (χ0) is 11.7. The lowest BCUT2D eigenvalue weighted by Gasteiger charge is -2.08. The highest BCUT2D eigenvalue weighted by atomic mass is 35.5. The predicted molar refractivity (Wildman–Crippen MR) is 65.4 cm³/mol. The summed E-state index contributed by atoms with van der Waals surface area (Å²) < 4.78 is 13.6. The Labute approximate surface area is 101 Å². The number of rotatable bonds is 4. The zero-order valence-corrected chi connectivity index (χ0v) is 10.4. The molecule has 2 unspecified atom stereocenters. The molecule has 0 bridgehead atoms. The average molecular weight is 242 g/mol. The van der Waals surface area contributed by atoms with E-state index in [4.69, 9.17) is 11.6 Å². The fourth-order valence-corrected chi connectivity index (χ4v) is 2.38. The van der Waals surface area contributed by atoms with Gasteiger partial charge in [-0.2, -0.15) is 0 Å². The number of hydrogen-bond acceptors (Lipinski definition) is 1. The predicted octanol–water partition coefficient (Wildman–Crippen LogP) is 3.58. The summed E-state index contributed by atoms with van der Waals surface area (Å²) in [7, 11) is 0. The van der Waals surface area contributed by atoms with E-state index in [0.29, 0.717) is 28.5 Å². The molecule has 0 spiro atoms. The third-order valence-electron chi connectivity index (χ3n) is 3.08. The van der Waals surface area contributed by atoms with Gasteiger partial charge in [-0.25, -0.2) is 4.39 Å². The molecule has 0 radical (unpaired) electrons. The van der Waals surface area contributed by atoms with Gasteiger partial charge in [0.05, 0.1) is 0 Å². The third kappa shape index (κ3) is 2.55. The van der Waals surface area contributed by atoms with Crippen molar-refractivity contribution in [3.05, 3.63) is 34.6 Å². The molecule has 0 heterocycles. The molecule has 1 aliphatic carbocycles. The van der Waals surface area contributed by atoms with Crippen LogP contribution in [0.4, 0.5) is 4.39 Å². The van der Waals surface area contributed by atoms with Crippen LogP contribution < -0.4 is 5.32 Å². The maximum absolute atomic E-state index is 13.6. The molecule has 3 heteroatoms. The Kier molecular flexibility index (Phi) is 3.50. The molecule has 1 N–H and O–H groups in total. The maximum Gasteiger partial charge on any atom is 0.128 e. The Hall–Kier alpha value is -0.600. The number of halogens is 2. The molecule has 2 rings (SSSR count). The van der Waals surface area contributed by atoms with Gasteiger partial charge < -0.3 is 5.32 Å². The standard InChI is InChI=1S/C13H17ClFN/c1-8(2)16-7-9-6-10(9)13-11(14)4-3-5-12(13)15/h3-5,8-10,16H,6-7H2,1-2H3. The van der Waals surface area contributed by atoms with Crippen molar-refractivity contribution in [2.75, 3.05) is 6.54 Å². The van der Waals surface area contributed by atoms with Gasteiger partial charge >= 0.3 is 0 Å². The first kappa shape index (κ1) is 11.9. The molecule has 1 saturated carbocycles. The van der Waals surface area contributed by atoms with Crippen LogP contribution in [0, 0.1) is 11.7 Å². The Morgan fingerprint density at radius 3 is 2.88 bits per heavy atom. The van der Waals surface area contributed by atoms with Crippen molar-refractivity contribution in [1.82, 2.24) is 5.32 Å². The van der Waals surface area contributed by atoms with Crippen LogP contribution in [0.2, 0.25) is 5.02 Å². The van der Waals surface area contributed by atoms with E-state index in [2.05, 4.69) is 19.2 Å². The highest BCUT2D eigenvalue weighted by Gasteiger charge is 2.40. The second-order valence-corrected chi connectivity index (χ2v) is 5.21. The molecule has 16 heavy (non-hydrogen) atoms. The van der Waals surface area contributed by atoms with Gasteiger partial charge in [-0.1, -0.05) is 31.5 Å². The maximum atomic E-state index is 13.6. The highest BCUT2D eigenvalue weighted by molar-refractivity contribution is 6.31. The van der Waals surface area contributed by atoms with Crippen LogP contribution in [0.1, 0.15) is 31.7 Å². The van der Waals surface area contributed by atoms with E-state index in [0.717, 1.165) is 13.0 Å². The van der Waals surface area contributed by atoms with Gasteiger partial charge in [0.25, 0.3) is 0 Å². The molecule has 1 aliphatic rings. The van der Waals surface area contributed by atoms with Crippen LogP contribution in [0.15, 0.2) is 18.2 Å². The monoisotopic (exact) mass is 241 g/mol. The number of benzene rings is 1. The molecule has 1 fully saturated rings. The van der Waals surface area contributed by atoms with Crippen molar-refractivity contribution in [3.63, 3.8) is 0 Å². The van der Waals surface area contributed by atoms with Crippen molar-refractivity contribution in [1.29, 1.82) is 0 Å². The molecule has 1 aromatic carbocycles. The summed E-state index contributed by atoms with van der Waals surface area (Å²) in [4.78, 5) is 0. The number of nitrogens with one attached hydrogen (secondary N) is 1. The van der Waals surface area contributed by atoms with Crippen LogP contribution >= 0.6 is 11.6 Å². The van der Waals surface area contributed by atoms with Crippen molar-refractivity contribution in [3.8, 4) is 0 Å². The Morgan fingerprint density at radius 1 is 1.50 bits per heavy atom. The molecule has 2 atom stereocenters. The van der Waals surface area contributed by atoms with Gasteiger partial charge in [-0.15, -0.1) is 0 Å². The van der Waals surface area contributed by atoms with E-state index in [9.17, 15) is 4.39 Å². The SMILES string of the molecule is CC(C)NCC1CC1c1c(F)cccc1Cl. The van der Waals surface area contributed by atoms with Gasteiger partial charge in [-0.3, -0.25) is 0 Å². The minimum atomic E-state index is -0.162. The Bertz CT molecular complexity index is 358. The van der Waals surface area contributed by atoms with E-state index in [-0.39, 0.29) is 5.82 Å². The molecule has 0 saturated heterocycles. The van der Waals surface area contributed by atoms with Crippen LogP contribution in [0.5, 0.6) is 0 Å². The summed E-state index contributed by atoms with van der Waals surface area (Å²) in [6, 6.07) is 5.40. The fourth-order valence-electron chi connectivity index (χ4n) is 2.08. The first-order valence-electron chi connectivity index (χ1n) is 5.77. The molecule has 1 nitrogen and oxygen atoms in total. The van der Waals surface area contributed by atoms with Crippen LogP contribution in [0.3, 0.4) is 0 Å². The molecule has 88 valence electrons. The van der Waals surface area contributed by atoms with Crippen molar-refractivity contribution in [2.24, 2.45) is 5.92 Å². The van der Waals surface area contributed by atoms with Crippen LogP contribution in [-0.2, 0) is 0 Å². The Morgan fingerprint density at radius 2 is 2.25 bits per heavy atom. The summed E-state index contributed by atoms with van der Waals surface area (Å²) >= 11 is 6.03. The molecule has 0 amide bonds. The summed E-state index contributed by atoms with van der Waals surface area (Å²) in [6.07, 6.45) is 1.04. The number of hydrogen-bond donors (Lipinski definition) is 1.